The van der Waals surface area contributed by atoms with Crippen LogP contribution in [0.3, 0.4) is 0 Å². The minimum absolute atomic E-state index is 0.0717. The van der Waals surface area contributed by atoms with Crippen LogP contribution in [0.2, 0.25) is 0 Å². The highest BCUT2D eigenvalue weighted by Gasteiger charge is 2.51. The SMILES string of the molecule is CN(C(=O)c1cnn2c1CN(C(=O)c1cc3ccccc3[nH]1)CC2)C1(c2ccccn2)CC1.O=C=O. The van der Waals surface area contributed by atoms with E-state index in [2.05, 4.69) is 15.1 Å². The van der Waals surface area contributed by atoms with E-state index in [-0.39, 0.29) is 23.5 Å². The first-order valence-corrected chi connectivity index (χ1v) is 11.6. The van der Waals surface area contributed by atoms with Crippen molar-refractivity contribution in [1.82, 2.24) is 29.5 Å². The van der Waals surface area contributed by atoms with Gasteiger partial charge in [-0.25, -0.2) is 0 Å². The molecule has 1 N–H and O–H groups in total. The smallest absolute Gasteiger partial charge is 0.351 e. The fourth-order valence-electron chi connectivity index (χ4n) is 4.85. The van der Waals surface area contributed by atoms with Crippen molar-refractivity contribution in [3.05, 3.63) is 83.6 Å². The lowest BCUT2D eigenvalue weighted by Crippen LogP contribution is -2.41. The van der Waals surface area contributed by atoms with Crippen LogP contribution in [-0.2, 0) is 28.2 Å². The summed E-state index contributed by atoms with van der Waals surface area (Å²) in [6.45, 7) is 1.45. The summed E-state index contributed by atoms with van der Waals surface area (Å²) in [5, 5.41) is 5.45. The topological polar surface area (TPSA) is 121 Å². The van der Waals surface area contributed by atoms with Gasteiger partial charge in [0.1, 0.15) is 5.69 Å². The number of carbonyl (C=O) groups is 2. The molecular weight excluding hydrogens is 460 g/mol. The van der Waals surface area contributed by atoms with Crippen molar-refractivity contribution >= 4 is 28.9 Å². The predicted molar refractivity (Wildman–Crippen MR) is 128 cm³/mol. The molecule has 4 heterocycles. The molecule has 10 nitrogen and oxygen atoms in total. The molecule has 0 unspecified atom stereocenters. The van der Waals surface area contributed by atoms with Gasteiger partial charge in [-0.3, -0.25) is 19.3 Å². The summed E-state index contributed by atoms with van der Waals surface area (Å²) in [5.41, 5.74) is 3.37. The molecule has 0 atom stereocenters. The van der Waals surface area contributed by atoms with Crippen LogP contribution in [-0.4, -0.2) is 61.1 Å². The predicted octanol–water partition coefficient (Wildman–Crippen LogP) is 2.59. The van der Waals surface area contributed by atoms with Crippen molar-refractivity contribution in [2.24, 2.45) is 0 Å². The van der Waals surface area contributed by atoms with E-state index >= 15 is 0 Å². The van der Waals surface area contributed by atoms with Crippen molar-refractivity contribution in [2.75, 3.05) is 13.6 Å². The van der Waals surface area contributed by atoms with Crippen molar-refractivity contribution in [1.29, 1.82) is 0 Å². The number of nitrogens with one attached hydrogen (secondary N) is 1. The molecule has 2 aliphatic rings. The summed E-state index contributed by atoms with van der Waals surface area (Å²) in [6, 6.07) is 15.5. The Hall–Kier alpha value is -4.56. The van der Waals surface area contributed by atoms with E-state index in [0.29, 0.717) is 30.9 Å². The molecule has 2 amide bonds. The first kappa shape index (κ1) is 23.2. The molecule has 0 spiro atoms. The minimum Gasteiger partial charge on any atom is -0.351 e. The van der Waals surface area contributed by atoms with Gasteiger partial charge in [-0.05, 0) is 37.1 Å². The lowest BCUT2D eigenvalue weighted by atomic mass is 10.1. The van der Waals surface area contributed by atoms with Gasteiger partial charge in [-0.2, -0.15) is 14.7 Å². The van der Waals surface area contributed by atoms with Gasteiger partial charge in [0, 0.05) is 30.7 Å². The Labute approximate surface area is 206 Å². The monoisotopic (exact) mass is 484 g/mol. The highest BCUT2D eigenvalue weighted by atomic mass is 16.2. The zero-order chi connectivity index (χ0) is 25.3. The number of hydrogen-bond donors (Lipinski definition) is 1. The third-order valence-electron chi connectivity index (χ3n) is 6.96. The number of pyridine rings is 1. The highest BCUT2D eigenvalue weighted by Crippen LogP contribution is 2.50. The number of nitrogens with zero attached hydrogens (tertiary/aromatic N) is 5. The third kappa shape index (κ3) is 3.97. The lowest BCUT2D eigenvalue weighted by Gasteiger charge is -2.30. The van der Waals surface area contributed by atoms with E-state index in [0.717, 1.165) is 35.1 Å². The number of amides is 2. The van der Waals surface area contributed by atoms with Gasteiger partial charge in [0.05, 0.1) is 41.8 Å². The van der Waals surface area contributed by atoms with E-state index in [1.807, 2.05) is 60.3 Å². The maximum Gasteiger partial charge on any atom is 0.373 e. The molecule has 182 valence electrons. The Balaban J connectivity index is 0.000000848. The molecule has 10 heteroatoms. The van der Waals surface area contributed by atoms with Gasteiger partial charge < -0.3 is 14.8 Å². The van der Waals surface area contributed by atoms with Gasteiger partial charge in [0.25, 0.3) is 11.8 Å². The zero-order valence-corrected chi connectivity index (χ0v) is 19.7. The van der Waals surface area contributed by atoms with Crippen molar-refractivity contribution in [3.8, 4) is 0 Å². The summed E-state index contributed by atoms with van der Waals surface area (Å²) in [5.74, 6) is -0.156. The second kappa shape index (κ2) is 9.24. The number of aromatic nitrogens is 4. The van der Waals surface area contributed by atoms with Crippen molar-refractivity contribution in [2.45, 2.75) is 31.5 Å². The molecule has 1 saturated carbocycles. The van der Waals surface area contributed by atoms with E-state index in [4.69, 9.17) is 9.59 Å². The molecule has 0 saturated heterocycles. The Morgan fingerprint density at radius 3 is 2.53 bits per heavy atom. The van der Waals surface area contributed by atoms with Crippen LogP contribution < -0.4 is 0 Å². The molecule has 1 aliphatic heterocycles. The molecule has 0 radical (unpaired) electrons. The maximum atomic E-state index is 13.5. The van der Waals surface area contributed by atoms with Crippen molar-refractivity contribution < 1.29 is 19.2 Å². The Bertz CT molecular complexity index is 1430. The maximum absolute atomic E-state index is 13.5. The van der Waals surface area contributed by atoms with Crippen LogP contribution in [0.1, 0.15) is 45.1 Å². The number of carbonyl (C=O) groups excluding carboxylic acids is 4. The third-order valence-corrected chi connectivity index (χ3v) is 6.96. The van der Waals surface area contributed by atoms with Gasteiger partial charge >= 0.3 is 6.15 Å². The fraction of sp³-hybridized carbons (Fsp3) is 0.269. The molecule has 1 aliphatic carbocycles. The molecule has 0 bridgehead atoms. The number of aromatic amines is 1. The number of para-hydroxylation sites is 1. The average Bonchev–Trinajstić information content (AvgIpc) is 3.43. The summed E-state index contributed by atoms with van der Waals surface area (Å²) in [6.07, 6.45) is 5.43. The minimum atomic E-state index is -0.359. The second-order valence-corrected chi connectivity index (χ2v) is 8.92. The molecule has 6 rings (SSSR count). The molecule has 36 heavy (non-hydrogen) atoms. The van der Waals surface area contributed by atoms with Crippen LogP contribution in [0.4, 0.5) is 0 Å². The number of rotatable bonds is 4. The number of H-pyrrole nitrogens is 1. The summed E-state index contributed by atoms with van der Waals surface area (Å²) >= 11 is 0. The average molecular weight is 485 g/mol. The quantitative estimate of drug-likeness (QED) is 0.475. The molecule has 3 aromatic heterocycles. The number of fused-ring (bicyclic) bond motifs is 2. The van der Waals surface area contributed by atoms with Crippen LogP contribution in [0, 0.1) is 0 Å². The van der Waals surface area contributed by atoms with Gasteiger partial charge in [-0.15, -0.1) is 0 Å². The normalized spacial score (nSPS) is 15.3. The van der Waals surface area contributed by atoms with Crippen molar-refractivity contribution in [3.63, 3.8) is 0 Å². The van der Waals surface area contributed by atoms with Gasteiger partial charge in [0.15, 0.2) is 0 Å². The van der Waals surface area contributed by atoms with Gasteiger partial charge in [-0.1, -0.05) is 24.3 Å². The van der Waals surface area contributed by atoms with Crippen LogP contribution in [0.5, 0.6) is 0 Å². The van der Waals surface area contributed by atoms with Crippen LogP contribution in [0.15, 0.2) is 60.9 Å². The highest BCUT2D eigenvalue weighted by molar-refractivity contribution is 5.99. The zero-order valence-electron chi connectivity index (χ0n) is 19.7. The molecular formula is C26H24N6O4. The number of hydrogen-bond acceptors (Lipinski definition) is 6. The van der Waals surface area contributed by atoms with Gasteiger partial charge in [0.2, 0.25) is 0 Å². The summed E-state index contributed by atoms with van der Waals surface area (Å²) < 4.78 is 1.84. The Kier molecular flexibility index (Phi) is 5.95. The Morgan fingerprint density at radius 1 is 1.08 bits per heavy atom. The first-order chi connectivity index (χ1) is 17.5. The summed E-state index contributed by atoms with van der Waals surface area (Å²) in [4.78, 5) is 54.3. The second-order valence-electron chi connectivity index (χ2n) is 8.92. The lowest BCUT2D eigenvalue weighted by molar-refractivity contribution is -0.191. The van der Waals surface area contributed by atoms with E-state index in [1.54, 1.807) is 22.2 Å². The molecule has 4 aromatic rings. The largest absolute Gasteiger partial charge is 0.373 e. The molecule has 1 aromatic carbocycles. The van der Waals surface area contributed by atoms with Crippen LogP contribution in [0.25, 0.3) is 10.9 Å². The van der Waals surface area contributed by atoms with E-state index in [1.165, 1.54) is 0 Å². The van der Waals surface area contributed by atoms with E-state index < -0.39 is 0 Å². The molecule has 1 fully saturated rings. The van der Waals surface area contributed by atoms with Crippen LogP contribution >= 0.6 is 0 Å². The standard InChI is InChI=1S/C25H24N6O2.CO2/c1-29(25(9-10-25)22-8-4-5-11-26-22)23(32)18-15-27-31-13-12-30(16-21(18)31)24(33)20-14-17-6-2-3-7-19(17)28-20;2-1-3/h2-8,11,14-15,28H,9-10,12-13,16H2,1H3;. The van der Waals surface area contributed by atoms with E-state index in [9.17, 15) is 9.59 Å². The Morgan fingerprint density at radius 2 is 1.83 bits per heavy atom. The number of benzene rings is 1. The summed E-state index contributed by atoms with van der Waals surface area (Å²) in [7, 11) is 1.84. The first-order valence-electron chi connectivity index (χ1n) is 11.6. The fourth-order valence-corrected chi connectivity index (χ4v) is 4.85.